The van der Waals surface area contributed by atoms with E-state index in [1.807, 2.05) is 0 Å². The lowest BCUT2D eigenvalue weighted by Gasteiger charge is -2.19. The summed E-state index contributed by atoms with van der Waals surface area (Å²) in [5, 5.41) is 12.1. The zero-order valence-corrected chi connectivity index (χ0v) is 9.82. The summed E-state index contributed by atoms with van der Waals surface area (Å²) in [6, 6.07) is 9.16. The van der Waals surface area contributed by atoms with Crippen LogP contribution in [0.25, 0.3) is 0 Å². The van der Waals surface area contributed by atoms with Crippen LogP contribution < -0.4 is 10.2 Å². The molecule has 1 aliphatic rings. The summed E-state index contributed by atoms with van der Waals surface area (Å²) < 4.78 is 0. The molecule has 3 heteroatoms. The standard InChI is InChI=1S/C13H20N2O/c1-11-3-2-4-13(9-11)15-7-5-12(10-15)14-6-8-16/h2-4,9,12,14,16H,5-8,10H2,1H3. The SMILES string of the molecule is Cc1cccc(N2CCC(NCCO)C2)c1. The van der Waals surface area contributed by atoms with Gasteiger partial charge in [0.15, 0.2) is 0 Å². The Morgan fingerprint density at radius 1 is 1.50 bits per heavy atom. The maximum absolute atomic E-state index is 8.77. The first kappa shape index (κ1) is 11.4. The van der Waals surface area contributed by atoms with E-state index in [0.717, 1.165) is 19.5 Å². The van der Waals surface area contributed by atoms with Gasteiger partial charge in [0.25, 0.3) is 0 Å². The third-order valence-corrected chi connectivity index (χ3v) is 3.10. The molecular formula is C13H20N2O. The van der Waals surface area contributed by atoms with Crippen molar-refractivity contribution in [1.82, 2.24) is 5.32 Å². The zero-order chi connectivity index (χ0) is 11.4. The Morgan fingerprint density at radius 3 is 3.12 bits per heavy atom. The van der Waals surface area contributed by atoms with Crippen LogP contribution in [0.1, 0.15) is 12.0 Å². The van der Waals surface area contributed by atoms with Crippen molar-refractivity contribution < 1.29 is 5.11 Å². The molecule has 1 heterocycles. The number of nitrogens with zero attached hydrogens (tertiary/aromatic N) is 1. The minimum Gasteiger partial charge on any atom is -0.395 e. The van der Waals surface area contributed by atoms with E-state index in [2.05, 4.69) is 41.4 Å². The molecule has 2 rings (SSSR count). The van der Waals surface area contributed by atoms with Gasteiger partial charge in [0.05, 0.1) is 6.61 Å². The molecule has 0 saturated carbocycles. The van der Waals surface area contributed by atoms with Gasteiger partial charge in [-0.2, -0.15) is 0 Å². The van der Waals surface area contributed by atoms with Crippen LogP contribution in [0, 0.1) is 6.92 Å². The first-order valence-corrected chi connectivity index (χ1v) is 5.95. The second kappa shape index (κ2) is 5.32. The molecule has 0 amide bonds. The van der Waals surface area contributed by atoms with Gasteiger partial charge in [-0.15, -0.1) is 0 Å². The predicted octanol–water partition coefficient (Wildman–Crippen LogP) is 1.16. The molecule has 1 unspecified atom stereocenters. The molecule has 2 N–H and O–H groups in total. The van der Waals surface area contributed by atoms with Gasteiger partial charge < -0.3 is 15.3 Å². The van der Waals surface area contributed by atoms with Crippen molar-refractivity contribution in [2.24, 2.45) is 0 Å². The van der Waals surface area contributed by atoms with Gasteiger partial charge in [-0.1, -0.05) is 12.1 Å². The number of nitrogens with one attached hydrogen (secondary N) is 1. The molecule has 1 atom stereocenters. The fourth-order valence-corrected chi connectivity index (χ4v) is 2.25. The summed E-state index contributed by atoms with van der Waals surface area (Å²) in [6.07, 6.45) is 1.16. The lowest BCUT2D eigenvalue weighted by Crippen LogP contribution is -2.34. The predicted molar refractivity (Wildman–Crippen MR) is 66.9 cm³/mol. The fraction of sp³-hybridized carbons (Fsp3) is 0.538. The van der Waals surface area contributed by atoms with Crippen LogP contribution in [0.15, 0.2) is 24.3 Å². The lowest BCUT2D eigenvalue weighted by atomic mass is 10.2. The summed E-state index contributed by atoms with van der Waals surface area (Å²) in [4.78, 5) is 2.40. The second-order valence-electron chi connectivity index (χ2n) is 4.45. The van der Waals surface area contributed by atoms with E-state index >= 15 is 0 Å². The summed E-state index contributed by atoms with van der Waals surface area (Å²) in [6.45, 7) is 5.20. The first-order chi connectivity index (χ1) is 7.79. The highest BCUT2D eigenvalue weighted by molar-refractivity contribution is 5.49. The van der Waals surface area contributed by atoms with Gasteiger partial charge >= 0.3 is 0 Å². The van der Waals surface area contributed by atoms with E-state index in [1.54, 1.807) is 0 Å². The zero-order valence-electron chi connectivity index (χ0n) is 9.82. The average molecular weight is 220 g/mol. The summed E-state index contributed by atoms with van der Waals surface area (Å²) in [7, 11) is 0. The Bertz CT molecular complexity index is 340. The number of benzene rings is 1. The van der Waals surface area contributed by atoms with Gasteiger partial charge in [-0.25, -0.2) is 0 Å². The van der Waals surface area contributed by atoms with Crippen LogP contribution in [0.2, 0.25) is 0 Å². The van der Waals surface area contributed by atoms with E-state index in [1.165, 1.54) is 11.3 Å². The minimum absolute atomic E-state index is 0.223. The van der Waals surface area contributed by atoms with Crippen molar-refractivity contribution >= 4 is 5.69 Å². The smallest absolute Gasteiger partial charge is 0.0556 e. The molecule has 88 valence electrons. The van der Waals surface area contributed by atoms with Crippen molar-refractivity contribution in [3.05, 3.63) is 29.8 Å². The molecule has 1 aliphatic heterocycles. The molecule has 0 aliphatic carbocycles. The number of hydrogen-bond donors (Lipinski definition) is 2. The van der Waals surface area contributed by atoms with Crippen molar-refractivity contribution in [2.45, 2.75) is 19.4 Å². The highest BCUT2D eigenvalue weighted by atomic mass is 16.3. The topological polar surface area (TPSA) is 35.5 Å². The van der Waals surface area contributed by atoms with E-state index in [4.69, 9.17) is 5.11 Å². The molecule has 1 fully saturated rings. The molecular weight excluding hydrogens is 200 g/mol. The van der Waals surface area contributed by atoms with Gasteiger partial charge in [0, 0.05) is 31.4 Å². The van der Waals surface area contributed by atoms with Crippen LogP contribution in [-0.2, 0) is 0 Å². The van der Waals surface area contributed by atoms with Crippen LogP contribution >= 0.6 is 0 Å². The van der Waals surface area contributed by atoms with Crippen molar-refractivity contribution in [1.29, 1.82) is 0 Å². The highest BCUT2D eigenvalue weighted by Crippen LogP contribution is 2.21. The minimum atomic E-state index is 0.223. The molecule has 1 aromatic rings. The van der Waals surface area contributed by atoms with Crippen LogP contribution in [0.4, 0.5) is 5.69 Å². The number of aryl methyl sites for hydroxylation is 1. The highest BCUT2D eigenvalue weighted by Gasteiger charge is 2.21. The molecule has 1 saturated heterocycles. The van der Waals surface area contributed by atoms with Gasteiger partial charge in [0.1, 0.15) is 0 Å². The molecule has 1 aromatic carbocycles. The van der Waals surface area contributed by atoms with Crippen LogP contribution in [-0.4, -0.2) is 37.4 Å². The number of aliphatic hydroxyl groups is 1. The Hall–Kier alpha value is -1.06. The summed E-state index contributed by atoms with van der Waals surface area (Å²) in [5.41, 5.74) is 2.62. The Morgan fingerprint density at radius 2 is 2.38 bits per heavy atom. The van der Waals surface area contributed by atoms with E-state index in [-0.39, 0.29) is 6.61 Å². The van der Waals surface area contributed by atoms with Gasteiger partial charge in [0.2, 0.25) is 0 Å². The Labute approximate surface area is 97.1 Å². The first-order valence-electron chi connectivity index (χ1n) is 5.95. The second-order valence-corrected chi connectivity index (χ2v) is 4.45. The third-order valence-electron chi connectivity index (χ3n) is 3.10. The van der Waals surface area contributed by atoms with Crippen molar-refractivity contribution in [3.63, 3.8) is 0 Å². The maximum Gasteiger partial charge on any atom is 0.0556 e. The van der Waals surface area contributed by atoms with Crippen molar-refractivity contribution in [3.8, 4) is 0 Å². The third kappa shape index (κ3) is 2.74. The molecule has 16 heavy (non-hydrogen) atoms. The molecule has 0 radical (unpaired) electrons. The van der Waals surface area contributed by atoms with E-state index in [0.29, 0.717) is 12.6 Å². The summed E-state index contributed by atoms with van der Waals surface area (Å²) in [5.74, 6) is 0. The van der Waals surface area contributed by atoms with Gasteiger partial charge in [-0.05, 0) is 31.0 Å². The quantitative estimate of drug-likeness (QED) is 0.799. The maximum atomic E-state index is 8.77. The van der Waals surface area contributed by atoms with Crippen LogP contribution in [0.3, 0.4) is 0 Å². The number of rotatable bonds is 4. The lowest BCUT2D eigenvalue weighted by molar-refractivity contribution is 0.286. The molecule has 0 bridgehead atoms. The van der Waals surface area contributed by atoms with Crippen LogP contribution in [0.5, 0.6) is 0 Å². The number of anilines is 1. The van der Waals surface area contributed by atoms with Gasteiger partial charge in [-0.3, -0.25) is 0 Å². The molecule has 0 spiro atoms. The average Bonchev–Trinajstić information content (AvgIpc) is 2.75. The molecule has 3 nitrogen and oxygen atoms in total. The number of aliphatic hydroxyl groups excluding tert-OH is 1. The van der Waals surface area contributed by atoms with Crippen molar-refractivity contribution in [2.75, 3.05) is 31.1 Å². The number of hydrogen-bond acceptors (Lipinski definition) is 3. The van der Waals surface area contributed by atoms with E-state index in [9.17, 15) is 0 Å². The largest absolute Gasteiger partial charge is 0.395 e. The normalized spacial score (nSPS) is 20.4. The molecule has 0 aromatic heterocycles. The Balaban J connectivity index is 1.93. The summed E-state index contributed by atoms with van der Waals surface area (Å²) >= 11 is 0. The van der Waals surface area contributed by atoms with E-state index < -0.39 is 0 Å². The Kier molecular flexibility index (Phi) is 3.80. The fourth-order valence-electron chi connectivity index (χ4n) is 2.25. The monoisotopic (exact) mass is 220 g/mol.